The molecule has 1 fully saturated rings. The van der Waals surface area contributed by atoms with Crippen molar-refractivity contribution >= 4 is 17.7 Å². The Labute approximate surface area is 109 Å². The van der Waals surface area contributed by atoms with Gasteiger partial charge in [0, 0.05) is 12.6 Å². The van der Waals surface area contributed by atoms with Gasteiger partial charge in [-0.1, -0.05) is 0 Å². The molecule has 1 aliphatic rings. The van der Waals surface area contributed by atoms with E-state index in [4.69, 9.17) is 5.73 Å². The highest BCUT2D eigenvalue weighted by Crippen LogP contribution is 2.07. The molecule has 1 rings (SSSR count). The Hall–Kier alpha value is -0.260. The minimum atomic E-state index is -0.358. The molecule has 1 unspecified atom stereocenters. The lowest BCUT2D eigenvalue weighted by Crippen LogP contribution is -2.48. The summed E-state index contributed by atoms with van der Waals surface area (Å²) in [6.45, 7) is 5.33. The monoisotopic (exact) mass is 259 g/mol. The van der Waals surface area contributed by atoms with Crippen molar-refractivity contribution < 1.29 is 4.79 Å². The largest absolute Gasteiger partial charge is 0.351 e. The maximum absolute atomic E-state index is 11.8. The molecule has 0 saturated carbocycles. The molecule has 4 nitrogen and oxygen atoms in total. The number of likely N-dealkylation sites (tertiary alicyclic amines) is 1. The molecule has 2 atom stereocenters. The Bertz CT molecular complexity index is 232. The van der Waals surface area contributed by atoms with Crippen LogP contribution in [0.5, 0.6) is 0 Å². The highest BCUT2D eigenvalue weighted by molar-refractivity contribution is 7.98. The number of carbonyl (C=O) groups excluding carboxylic acids is 1. The third kappa shape index (κ3) is 5.75. The topological polar surface area (TPSA) is 58.4 Å². The number of carbonyl (C=O) groups is 1. The van der Waals surface area contributed by atoms with Gasteiger partial charge in [-0.25, -0.2) is 0 Å². The number of thioether (sulfide) groups is 1. The zero-order valence-corrected chi connectivity index (χ0v) is 11.8. The summed E-state index contributed by atoms with van der Waals surface area (Å²) in [5.74, 6) is 0.931. The van der Waals surface area contributed by atoms with Crippen molar-refractivity contribution in [1.82, 2.24) is 10.2 Å². The molecule has 1 aliphatic heterocycles. The Morgan fingerprint density at radius 2 is 2.12 bits per heavy atom. The molecule has 5 heteroatoms. The van der Waals surface area contributed by atoms with Gasteiger partial charge in [0.2, 0.25) is 5.91 Å². The Kier molecular flexibility index (Phi) is 6.92. The second kappa shape index (κ2) is 7.95. The minimum absolute atomic E-state index is 0.00857. The second-order valence-corrected chi connectivity index (χ2v) is 5.79. The summed E-state index contributed by atoms with van der Waals surface area (Å²) in [4.78, 5) is 14.2. The number of rotatable bonds is 7. The summed E-state index contributed by atoms with van der Waals surface area (Å²) in [6.07, 6.45) is 5.35. The highest BCUT2D eigenvalue weighted by atomic mass is 32.2. The lowest BCUT2D eigenvalue weighted by molar-refractivity contribution is -0.123. The number of nitrogens with zero attached hydrogens (tertiary/aromatic N) is 1. The predicted molar refractivity (Wildman–Crippen MR) is 74.3 cm³/mol. The van der Waals surface area contributed by atoms with Crippen LogP contribution in [0.3, 0.4) is 0 Å². The van der Waals surface area contributed by atoms with Gasteiger partial charge in [0.15, 0.2) is 0 Å². The van der Waals surface area contributed by atoms with Gasteiger partial charge in [0.05, 0.1) is 6.04 Å². The summed E-state index contributed by atoms with van der Waals surface area (Å²) in [5, 5.41) is 3.00. The maximum atomic E-state index is 11.8. The van der Waals surface area contributed by atoms with Crippen LogP contribution in [0, 0.1) is 0 Å². The SMILES string of the molecule is CSCC[C@H](N)C(=O)NC(C)CN1CCCC1. The van der Waals surface area contributed by atoms with Gasteiger partial charge >= 0.3 is 0 Å². The van der Waals surface area contributed by atoms with Crippen LogP contribution in [0.1, 0.15) is 26.2 Å². The van der Waals surface area contributed by atoms with E-state index in [9.17, 15) is 4.79 Å². The standard InChI is InChI=1S/C12H25N3OS/c1-10(9-15-6-3-4-7-15)14-12(16)11(13)5-8-17-2/h10-11H,3-9,13H2,1-2H3,(H,14,16)/t10?,11-/m0/s1. The first kappa shape index (κ1) is 14.8. The van der Waals surface area contributed by atoms with Crippen LogP contribution < -0.4 is 11.1 Å². The number of hydrogen-bond acceptors (Lipinski definition) is 4. The van der Waals surface area contributed by atoms with Crippen molar-refractivity contribution in [2.45, 2.75) is 38.3 Å². The summed E-state index contributed by atoms with van der Waals surface area (Å²) in [7, 11) is 0. The number of amides is 1. The minimum Gasteiger partial charge on any atom is -0.351 e. The lowest BCUT2D eigenvalue weighted by atomic mass is 10.2. The summed E-state index contributed by atoms with van der Waals surface area (Å²) < 4.78 is 0. The summed E-state index contributed by atoms with van der Waals surface area (Å²) >= 11 is 1.72. The number of nitrogens with one attached hydrogen (secondary N) is 1. The van der Waals surface area contributed by atoms with E-state index in [0.717, 1.165) is 18.7 Å². The van der Waals surface area contributed by atoms with Crippen molar-refractivity contribution in [2.75, 3.05) is 31.6 Å². The first-order chi connectivity index (χ1) is 8.13. The fourth-order valence-corrected chi connectivity index (χ4v) is 2.61. The maximum Gasteiger partial charge on any atom is 0.237 e. The third-order valence-corrected chi connectivity index (χ3v) is 3.73. The van der Waals surface area contributed by atoms with Crippen molar-refractivity contribution in [3.8, 4) is 0 Å². The van der Waals surface area contributed by atoms with E-state index in [1.165, 1.54) is 25.9 Å². The van der Waals surface area contributed by atoms with Crippen LogP contribution in [0.4, 0.5) is 0 Å². The first-order valence-corrected chi connectivity index (χ1v) is 7.80. The molecule has 3 N–H and O–H groups in total. The van der Waals surface area contributed by atoms with Gasteiger partial charge in [0.25, 0.3) is 0 Å². The molecule has 1 amide bonds. The molecule has 0 aromatic carbocycles. The molecule has 0 bridgehead atoms. The van der Waals surface area contributed by atoms with Crippen LogP contribution >= 0.6 is 11.8 Å². The van der Waals surface area contributed by atoms with E-state index in [2.05, 4.69) is 17.1 Å². The molecule has 0 aromatic rings. The van der Waals surface area contributed by atoms with Crippen LogP contribution in [0.2, 0.25) is 0 Å². The molecule has 0 radical (unpaired) electrons. The average Bonchev–Trinajstić information content (AvgIpc) is 2.78. The lowest BCUT2D eigenvalue weighted by Gasteiger charge is -2.22. The molecule has 1 saturated heterocycles. The van der Waals surface area contributed by atoms with Crippen molar-refractivity contribution in [3.63, 3.8) is 0 Å². The normalized spacial score (nSPS) is 20.2. The van der Waals surface area contributed by atoms with Gasteiger partial charge < -0.3 is 16.0 Å². The Morgan fingerprint density at radius 3 is 2.71 bits per heavy atom. The van der Waals surface area contributed by atoms with E-state index in [1.807, 2.05) is 6.26 Å². The number of nitrogens with two attached hydrogens (primary N) is 1. The molecule has 0 spiro atoms. The van der Waals surface area contributed by atoms with Crippen molar-refractivity contribution in [3.05, 3.63) is 0 Å². The summed E-state index contributed by atoms with van der Waals surface area (Å²) in [5.41, 5.74) is 5.82. The first-order valence-electron chi connectivity index (χ1n) is 6.40. The van der Waals surface area contributed by atoms with Crippen LogP contribution in [-0.2, 0) is 4.79 Å². The van der Waals surface area contributed by atoms with Gasteiger partial charge in [0.1, 0.15) is 0 Å². The van der Waals surface area contributed by atoms with Crippen molar-refractivity contribution in [2.24, 2.45) is 5.73 Å². The van der Waals surface area contributed by atoms with Gasteiger partial charge in [-0.2, -0.15) is 11.8 Å². The van der Waals surface area contributed by atoms with Crippen LogP contribution in [0.15, 0.2) is 0 Å². The van der Waals surface area contributed by atoms with Gasteiger partial charge in [-0.05, 0) is 51.3 Å². The second-order valence-electron chi connectivity index (χ2n) is 4.81. The fourth-order valence-electron chi connectivity index (χ4n) is 2.12. The van der Waals surface area contributed by atoms with E-state index < -0.39 is 0 Å². The molecule has 17 heavy (non-hydrogen) atoms. The van der Waals surface area contributed by atoms with Crippen LogP contribution in [0.25, 0.3) is 0 Å². The Balaban J connectivity index is 2.19. The van der Waals surface area contributed by atoms with Gasteiger partial charge in [-0.3, -0.25) is 4.79 Å². The zero-order valence-electron chi connectivity index (χ0n) is 10.9. The van der Waals surface area contributed by atoms with Crippen molar-refractivity contribution in [1.29, 1.82) is 0 Å². The summed E-state index contributed by atoms with van der Waals surface area (Å²) in [6, 6.07) is -0.163. The van der Waals surface area contributed by atoms with Gasteiger partial charge in [-0.15, -0.1) is 0 Å². The molecule has 100 valence electrons. The Morgan fingerprint density at radius 1 is 1.47 bits per heavy atom. The molecule has 0 aromatic heterocycles. The number of hydrogen-bond donors (Lipinski definition) is 2. The quantitative estimate of drug-likeness (QED) is 0.705. The molecular weight excluding hydrogens is 234 g/mol. The average molecular weight is 259 g/mol. The molecule has 1 heterocycles. The highest BCUT2D eigenvalue weighted by Gasteiger charge is 2.18. The molecular formula is C12H25N3OS. The van der Waals surface area contributed by atoms with E-state index in [0.29, 0.717) is 0 Å². The van der Waals surface area contributed by atoms with Crippen LogP contribution in [-0.4, -0.2) is 54.5 Å². The molecule has 0 aliphatic carbocycles. The predicted octanol–water partition coefficient (Wildman–Crippen LogP) is 0.667. The van der Waals surface area contributed by atoms with E-state index in [-0.39, 0.29) is 18.0 Å². The van der Waals surface area contributed by atoms with E-state index >= 15 is 0 Å². The van der Waals surface area contributed by atoms with E-state index in [1.54, 1.807) is 11.8 Å². The third-order valence-electron chi connectivity index (χ3n) is 3.09. The smallest absolute Gasteiger partial charge is 0.237 e. The zero-order chi connectivity index (χ0) is 12.7. The fraction of sp³-hybridized carbons (Fsp3) is 0.917.